The summed E-state index contributed by atoms with van der Waals surface area (Å²) < 4.78 is 4.57. The van der Waals surface area contributed by atoms with Gasteiger partial charge >= 0.3 is 6.09 Å². The number of likely N-dealkylation sites (N-methyl/N-ethyl adjacent to an activating group) is 1. The van der Waals surface area contributed by atoms with Crippen molar-refractivity contribution in [3.05, 3.63) is 59.7 Å². The standard InChI is InChI=1S/C21H21N3O4/c1-24-11-16(18(25)13-7-9-14(10-8-13)22-20(27)28-2)21(12-24)15-5-3-4-6-17(15)23-19(21)26/h3-10,16H,11-12H2,1-2H3,(H,22,27)(H,23,26). The lowest BCUT2D eigenvalue weighted by Crippen LogP contribution is -2.45. The second-order valence-corrected chi connectivity index (χ2v) is 7.28. The third-order valence-corrected chi connectivity index (χ3v) is 5.59. The highest BCUT2D eigenvalue weighted by Gasteiger charge is 2.58. The number of hydrogen-bond donors (Lipinski definition) is 2. The second-order valence-electron chi connectivity index (χ2n) is 7.28. The van der Waals surface area contributed by atoms with Crippen LogP contribution >= 0.6 is 0 Å². The molecule has 0 saturated carbocycles. The fraction of sp³-hybridized carbons (Fsp3) is 0.286. The van der Waals surface area contributed by atoms with Crippen molar-refractivity contribution in [1.29, 1.82) is 0 Å². The molecule has 144 valence electrons. The molecule has 7 heteroatoms. The molecule has 2 aromatic rings. The van der Waals surface area contributed by atoms with E-state index in [1.807, 2.05) is 36.2 Å². The molecule has 2 amide bonds. The van der Waals surface area contributed by atoms with Crippen LogP contribution in [0.3, 0.4) is 0 Å². The van der Waals surface area contributed by atoms with E-state index in [0.29, 0.717) is 24.3 Å². The largest absolute Gasteiger partial charge is 0.453 e. The van der Waals surface area contributed by atoms with Gasteiger partial charge in [0.1, 0.15) is 5.41 Å². The maximum atomic E-state index is 13.4. The number of hydrogen-bond acceptors (Lipinski definition) is 5. The van der Waals surface area contributed by atoms with Crippen molar-refractivity contribution in [3.63, 3.8) is 0 Å². The van der Waals surface area contributed by atoms with E-state index in [-0.39, 0.29) is 11.7 Å². The number of para-hydroxylation sites is 1. The maximum absolute atomic E-state index is 13.4. The fourth-order valence-electron chi connectivity index (χ4n) is 4.30. The summed E-state index contributed by atoms with van der Waals surface area (Å²) in [5.74, 6) is -0.693. The Hall–Kier alpha value is -3.19. The zero-order valence-corrected chi connectivity index (χ0v) is 15.7. The number of fused-ring (bicyclic) bond motifs is 2. The van der Waals surface area contributed by atoms with Gasteiger partial charge in [0.25, 0.3) is 0 Å². The van der Waals surface area contributed by atoms with Crippen molar-refractivity contribution in [3.8, 4) is 0 Å². The number of methoxy groups -OCH3 is 1. The smallest absolute Gasteiger partial charge is 0.411 e. The third kappa shape index (κ3) is 2.75. The lowest BCUT2D eigenvalue weighted by molar-refractivity contribution is -0.121. The van der Waals surface area contributed by atoms with Gasteiger partial charge in [-0.15, -0.1) is 0 Å². The summed E-state index contributed by atoms with van der Waals surface area (Å²) in [7, 11) is 3.21. The molecule has 2 N–H and O–H groups in total. The molecule has 2 aliphatic heterocycles. The average molecular weight is 379 g/mol. The number of ether oxygens (including phenoxy) is 1. The Balaban J connectivity index is 1.67. The summed E-state index contributed by atoms with van der Waals surface area (Å²) in [6.07, 6.45) is -0.574. The van der Waals surface area contributed by atoms with Crippen LogP contribution in [-0.4, -0.2) is 49.9 Å². The van der Waals surface area contributed by atoms with Gasteiger partial charge in [-0.2, -0.15) is 0 Å². The highest BCUT2D eigenvalue weighted by atomic mass is 16.5. The van der Waals surface area contributed by atoms with E-state index in [1.165, 1.54) is 7.11 Å². The van der Waals surface area contributed by atoms with E-state index in [0.717, 1.165) is 11.3 Å². The van der Waals surface area contributed by atoms with E-state index >= 15 is 0 Å². The molecule has 7 nitrogen and oxygen atoms in total. The molecule has 2 aromatic carbocycles. The van der Waals surface area contributed by atoms with Crippen LogP contribution < -0.4 is 10.6 Å². The maximum Gasteiger partial charge on any atom is 0.411 e. The summed E-state index contributed by atoms with van der Waals surface area (Å²) in [6, 6.07) is 14.2. The number of amides is 2. The van der Waals surface area contributed by atoms with Crippen molar-refractivity contribution < 1.29 is 19.1 Å². The summed E-state index contributed by atoms with van der Waals surface area (Å²) >= 11 is 0. The normalized spacial score (nSPS) is 23.4. The van der Waals surface area contributed by atoms with Crippen LogP contribution in [0.25, 0.3) is 0 Å². The summed E-state index contributed by atoms with van der Waals surface area (Å²) in [5.41, 5.74) is 1.81. The first-order valence-electron chi connectivity index (χ1n) is 9.04. The molecule has 1 spiro atoms. The first-order valence-corrected chi connectivity index (χ1v) is 9.04. The zero-order chi connectivity index (χ0) is 19.9. The van der Waals surface area contributed by atoms with Crippen molar-refractivity contribution in [2.75, 3.05) is 37.9 Å². The van der Waals surface area contributed by atoms with E-state index in [4.69, 9.17) is 0 Å². The van der Waals surface area contributed by atoms with E-state index < -0.39 is 17.4 Å². The van der Waals surface area contributed by atoms with Crippen LogP contribution in [0.15, 0.2) is 48.5 Å². The molecular formula is C21H21N3O4. The number of benzene rings is 2. The molecule has 0 radical (unpaired) electrons. The number of nitrogens with zero attached hydrogens (tertiary/aromatic N) is 1. The topological polar surface area (TPSA) is 87.7 Å². The predicted octanol–water partition coefficient (Wildman–Crippen LogP) is 2.50. The lowest BCUT2D eigenvalue weighted by Gasteiger charge is -2.27. The van der Waals surface area contributed by atoms with Gasteiger partial charge < -0.3 is 15.0 Å². The van der Waals surface area contributed by atoms with Crippen LogP contribution in [0, 0.1) is 5.92 Å². The SMILES string of the molecule is COC(=O)Nc1ccc(C(=O)C2CN(C)CC23C(=O)Nc2ccccc23)cc1. The fourth-order valence-corrected chi connectivity index (χ4v) is 4.30. The Morgan fingerprint density at radius 3 is 2.61 bits per heavy atom. The second kappa shape index (κ2) is 6.76. The summed E-state index contributed by atoms with van der Waals surface area (Å²) in [4.78, 5) is 39.7. The molecule has 4 rings (SSSR count). The first kappa shape index (κ1) is 18.2. The number of rotatable bonds is 3. The minimum absolute atomic E-state index is 0.0826. The molecule has 2 heterocycles. The van der Waals surface area contributed by atoms with Crippen LogP contribution in [0.1, 0.15) is 15.9 Å². The van der Waals surface area contributed by atoms with Crippen molar-refractivity contribution in [2.45, 2.75) is 5.41 Å². The van der Waals surface area contributed by atoms with Crippen LogP contribution in [0.5, 0.6) is 0 Å². The molecule has 1 fully saturated rings. The van der Waals surface area contributed by atoms with Crippen molar-refractivity contribution in [2.24, 2.45) is 5.92 Å². The van der Waals surface area contributed by atoms with Crippen molar-refractivity contribution >= 4 is 29.2 Å². The van der Waals surface area contributed by atoms with Gasteiger partial charge in [-0.3, -0.25) is 14.9 Å². The molecule has 2 unspecified atom stereocenters. The zero-order valence-electron chi connectivity index (χ0n) is 15.7. The van der Waals surface area contributed by atoms with Crippen molar-refractivity contribution in [1.82, 2.24) is 4.90 Å². The summed E-state index contributed by atoms with van der Waals surface area (Å²) in [5, 5.41) is 5.50. The molecule has 28 heavy (non-hydrogen) atoms. The number of ketones is 1. The number of anilines is 2. The van der Waals surface area contributed by atoms with Crippen LogP contribution in [0.2, 0.25) is 0 Å². The van der Waals surface area contributed by atoms with Gasteiger partial charge in [-0.05, 0) is 42.9 Å². The Morgan fingerprint density at radius 1 is 1.18 bits per heavy atom. The lowest BCUT2D eigenvalue weighted by atomic mass is 9.70. The van der Waals surface area contributed by atoms with E-state index in [9.17, 15) is 14.4 Å². The van der Waals surface area contributed by atoms with Gasteiger partial charge in [0.05, 0.1) is 13.0 Å². The first-order chi connectivity index (χ1) is 13.5. The molecule has 2 atom stereocenters. The van der Waals surface area contributed by atoms with Gasteiger partial charge in [0, 0.05) is 30.0 Å². The molecule has 2 aliphatic rings. The van der Waals surface area contributed by atoms with Gasteiger partial charge in [-0.1, -0.05) is 18.2 Å². The monoisotopic (exact) mass is 379 g/mol. The minimum atomic E-state index is -0.884. The predicted molar refractivity (Wildman–Crippen MR) is 105 cm³/mol. The minimum Gasteiger partial charge on any atom is -0.453 e. The van der Waals surface area contributed by atoms with Gasteiger partial charge in [0.15, 0.2) is 5.78 Å². The Kier molecular flexibility index (Phi) is 4.39. The highest BCUT2D eigenvalue weighted by molar-refractivity contribution is 6.12. The van der Waals surface area contributed by atoms with E-state index in [2.05, 4.69) is 15.4 Å². The third-order valence-electron chi connectivity index (χ3n) is 5.59. The quantitative estimate of drug-likeness (QED) is 0.800. The number of carbonyl (C=O) groups is 3. The number of likely N-dealkylation sites (tertiary alicyclic amines) is 1. The molecule has 1 saturated heterocycles. The molecular weight excluding hydrogens is 358 g/mol. The van der Waals surface area contributed by atoms with Gasteiger partial charge in [-0.25, -0.2) is 4.79 Å². The Bertz CT molecular complexity index is 956. The molecule has 0 aromatic heterocycles. The number of Topliss-reactive ketones (excluding diaryl/α,β-unsaturated/α-hetero) is 1. The molecule has 0 aliphatic carbocycles. The Morgan fingerprint density at radius 2 is 1.89 bits per heavy atom. The van der Waals surface area contributed by atoms with Crippen LogP contribution in [-0.2, 0) is 14.9 Å². The van der Waals surface area contributed by atoms with Crippen LogP contribution in [0.4, 0.5) is 16.2 Å². The summed E-state index contributed by atoms with van der Waals surface area (Å²) in [6.45, 7) is 0.997. The highest BCUT2D eigenvalue weighted by Crippen LogP contribution is 2.48. The Labute approximate surface area is 162 Å². The number of carbonyl (C=O) groups excluding carboxylic acids is 3. The van der Waals surface area contributed by atoms with E-state index in [1.54, 1.807) is 24.3 Å². The molecule has 0 bridgehead atoms. The average Bonchev–Trinajstić information content (AvgIpc) is 3.19. The number of nitrogens with one attached hydrogen (secondary N) is 2. The van der Waals surface area contributed by atoms with Gasteiger partial charge in [0.2, 0.25) is 5.91 Å².